The first-order valence-electron chi connectivity index (χ1n) is 13.3. The standard InChI is InChI=1S/C31H28ClN5O7S/c1-20-9-15-26(18-27(20)37(40)41)45(42,43)36(28-17-24(32)12-16-29(28)44-3)19-30(38)35-34-21(2)22-10-13-25(14-11-22)33-31(39)23-7-5-4-6-8-23/h4-18H,19H2,1-3H3,(H,33,39)(H,35,38)/b34-21-. The number of sulfonamides is 1. The molecule has 0 aliphatic rings. The van der Waals surface area contributed by atoms with Gasteiger partial charge in [-0.2, -0.15) is 5.10 Å². The number of hydrogen-bond acceptors (Lipinski definition) is 8. The first-order valence-corrected chi connectivity index (χ1v) is 15.1. The maximum Gasteiger partial charge on any atom is 0.273 e. The average molecular weight is 650 g/mol. The molecule has 0 heterocycles. The third kappa shape index (κ3) is 7.82. The second kappa shape index (κ2) is 14.0. The Morgan fingerprint density at radius 2 is 1.67 bits per heavy atom. The van der Waals surface area contributed by atoms with E-state index in [0.29, 0.717) is 22.5 Å². The van der Waals surface area contributed by atoms with Gasteiger partial charge in [0.1, 0.15) is 12.3 Å². The Kier molecular flexibility index (Phi) is 10.2. The summed E-state index contributed by atoms with van der Waals surface area (Å²) in [4.78, 5) is 35.9. The van der Waals surface area contributed by atoms with E-state index < -0.39 is 38.0 Å². The predicted molar refractivity (Wildman–Crippen MR) is 172 cm³/mol. The van der Waals surface area contributed by atoms with Crippen molar-refractivity contribution in [3.8, 4) is 5.75 Å². The van der Waals surface area contributed by atoms with Gasteiger partial charge in [-0.15, -0.1) is 0 Å². The van der Waals surface area contributed by atoms with Crippen LogP contribution in [0.4, 0.5) is 17.1 Å². The first kappa shape index (κ1) is 32.6. The SMILES string of the molecule is COc1ccc(Cl)cc1N(CC(=O)N/N=C(/C)c1ccc(NC(=O)c2ccccc2)cc1)S(=O)(=O)c1ccc(C)c([N+](=O)[O-])c1. The highest BCUT2D eigenvalue weighted by Gasteiger charge is 2.31. The third-order valence-electron chi connectivity index (χ3n) is 6.61. The molecule has 0 radical (unpaired) electrons. The molecule has 4 aromatic rings. The number of carbonyl (C=O) groups excluding carboxylic acids is 2. The molecule has 0 saturated heterocycles. The van der Waals surface area contributed by atoms with Gasteiger partial charge >= 0.3 is 0 Å². The minimum atomic E-state index is -4.55. The molecule has 2 amide bonds. The fraction of sp³-hybridized carbons (Fsp3) is 0.129. The number of amides is 2. The summed E-state index contributed by atoms with van der Waals surface area (Å²) >= 11 is 6.17. The van der Waals surface area contributed by atoms with Crippen LogP contribution in [0, 0.1) is 17.0 Å². The molecule has 0 atom stereocenters. The molecule has 0 aliphatic carbocycles. The Hall–Kier alpha value is -5.27. The number of hydrazone groups is 1. The molecule has 14 heteroatoms. The number of aryl methyl sites for hydroxylation is 1. The van der Waals surface area contributed by atoms with Gasteiger partial charge in [-0.1, -0.05) is 48.0 Å². The molecule has 0 spiro atoms. The van der Waals surface area contributed by atoms with Gasteiger partial charge in [0, 0.05) is 27.9 Å². The second-order valence-electron chi connectivity index (χ2n) is 9.66. The Labute approximate surface area is 264 Å². The summed E-state index contributed by atoms with van der Waals surface area (Å²) in [5.74, 6) is -0.984. The highest BCUT2D eigenvalue weighted by atomic mass is 35.5. The van der Waals surface area contributed by atoms with Crippen LogP contribution in [-0.4, -0.2) is 44.5 Å². The minimum absolute atomic E-state index is 0.0581. The van der Waals surface area contributed by atoms with E-state index in [2.05, 4.69) is 15.8 Å². The number of nitrogens with zero attached hydrogens (tertiary/aromatic N) is 3. The van der Waals surface area contributed by atoms with Crippen molar-refractivity contribution in [2.75, 3.05) is 23.3 Å². The molecule has 0 aliphatic heterocycles. The Morgan fingerprint density at radius 3 is 2.31 bits per heavy atom. The quantitative estimate of drug-likeness (QED) is 0.122. The highest BCUT2D eigenvalue weighted by molar-refractivity contribution is 7.92. The minimum Gasteiger partial charge on any atom is -0.495 e. The number of nitro benzene ring substituents is 1. The number of rotatable bonds is 11. The smallest absolute Gasteiger partial charge is 0.273 e. The van der Waals surface area contributed by atoms with E-state index in [1.807, 2.05) is 6.07 Å². The van der Waals surface area contributed by atoms with Gasteiger partial charge in [0.05, 0.1) is 28.3 Å². The average Bonchev–Trinajstić information content (AvgIpc) is 3.03. The molecule has 12 nitrogen and oxygen atoms in total. The van der Waals surface area contributed by atoms with E-state index in [-0.39, 0.29) is 27.9 Å². The first-order chi connectivity index (χ1) is 21.4. The van der Waals surface area contributed by atoms with Crippen molar-refractivity contribution < 1.29 is 27.7 Å². The topological polar surface area (TPSA) is 160 Å². The molecule has 45 heavy (non-hydrogen) atoms. The maximum atomic E-state index is 13.9. The molecular formula is C31H28ClN5O7S. The highest BCUT2D eigenvalue weighted by Crippen LogP contribution is 2.35. The second-order valence-corrected chi connectivity index (χ2v) is 12.0. The van der Waals surface area contributed by atoms with Crippen molar-refractivity contribution in [3.63, 3.8) is 0 Å². The summed E-state index contributed by atoms with van der Waals surface area (Å²) in [5, 5.41) is 18.6. The van der Waals surface area contributed by atoms with E-state index in [1.165, 1.54) is 44.4 Å². The lowest BCUT2D eigenvalue weighted by Crippen LogP contribution is -2.40. The van der Waals surface area contributed by atoms with Gasteiger partial charge < -0.3 is 10.1 Å². The summed E-state index contributed by atoms with van der Waals surface area (Å²) in [6.07, 6.45) is 0. The maximum absolute atomic E-state index is 13.9. The van der Waals surface area contributed by atoms with Crippen LogP contribution in [0.15, 0.2) is 101 Å². The van der Waals surface area contributed by atoms with Crippen LogP contribution < -0.4 is 19.8 Å². The van der Waals surface area contributed by atoms with E-state index in [4.69, 9.17) is 16.3 Å². The van der Waals surface area contributed by atoms with Crippen LogP contribution in [0.1, 0.15) is 28.4 Å². The van der Waals surface area contributed by atoms with Gasteiger partial charge in [0.25, 0.3) is 27.5 Å². The number of nitrogens with one attached hydrogen (secondary N) is 2. The molecule has 0 aromatic heterocycles. The summed E-state index contributed by atoms with van der Waals surface area (Å²) in [6.45, 7) is 2.36. The lowest BCUT2D eigenvalue weighted by Gasteiger charge is -2.25. The van der Waals surface area contributed by atoms with E-state index in [0.717, 1.165) is 10.4 Å². The van der Waals surface area contributed by atoms with Crippen LogP contribution in [-0.2, 0) is 14.8 Å². The predicted octanol–water partition coefficient (Wildman–Crippen LogP) is 5.55. The summed E-state index contributed by atoms with van der Waals surface area (Å²) in [5.41, 5.74) is 4.25. The van der Waals surface area contributed by atoms with Crippen molar-refractivity contribution in [1.82, 2.24) is 5.43 Å². The monoisotopic (exact) mass is 649 g/mol. The molecule has 0 unspecified atom stereocenters. The number of halogens is 1. The van der Waals surface area contributed by atoms with Gasteiger partial charge in [0.15, 0.2) is 0 Å². The molecule has 2 N–H and O–H groups in total. The number of anilines is 2. The zero-order valence-electron chi connectivity index (χ0n) is 24.4. The molecule has 0 fully saturated rings. The zero-order valence-corrected chi connectivity index (χ0v) is 25.9. The Bertz CT molecular complexity index is 1880. The number of benzene rings is 4. The van der Waals surface area contributed by atoms with Crippen molar-refractivity contribution in [3.05, 3.63) is 123 Å². The molecule has 0 bridgehead atoms. The lowest BCUT2D eigenvalue weighted by atomic mass is 10.1. The van der Waals surface area contributed by atoms with Crippen molar-refractivity contribution in [1.29, 1.82) is 0 Å². The summed E-state index contributed by atoms with van der Waals surface area (Å²) < 4.78 is 33.8. The fourth-order valence-corrected chi connectivity index (χ4v) is 5.81. The van der Waals surface area contributed by atoms with Crippen LogP contribution >= 0.6 is 11.6 Å². The third-order valence-corrected chi connectivity index (χ3v) is 8.60. The van der Waals surface area contributed by atoms with Crippen LogP contribution in [0.5, 0.6) is 5.75 Å². The van der Waals surface area contributed by atoms with E-state index in [1.54, 1.807) is 55.5 Å². The molecule has 4 aromatic carbocycles. The van der Waals surface area contributed by atoms with Crippen molar-refractivity contribution in [2.24, 2.45) is 5.10 Å². The summed E-state index contributed by atoms with van der Waals surface area (Å²) in [6, 6.07) is 23.2. The van der Waals surface area contributed by atoms with Gasteiger partial charge in [-0.3, -0.25) is 24.0 Å². The zero-order chi connectivity index (χ0) is 32.7. The van der Waals surface area contributed by atoms with E-state index in [9.17, 15) is 28.1 Å². The van der Waals surface area contributed by atoms with Crippen LogP contribution in [0.2, 0.25) is 5.02 Å². The van der Waals surface area contributed by atoms with Crippen LogP contribution in [0.3, 0.4) is 0 Å². The molecule has 4 rings (SSSR count). The van der Waals surface area contributed by atoms with Gasteiger partial charge in [-0.05, 0) is 67.9 Å². The largest absolute Gasteiger partial charge is 0.495 e. The molecule has 232 valence electrons. The molecule has 0 saturated carbocycles. The Balaban J connectivity index is 1.56. The molecular weight excluding hydrogens is 622 g/mol. The van der Waals surface area contributed by atoms with Gasteiger partial charge in [0.2, 0.25) is 0 Å². The van der Waals surface area contributed by atoms with Crippen molar-refractivity contribution in [2.45, 2.75) is 18.7 Å². The number of carbonyl (C=O) groups is 2. The number of ether oxygens (including phenoxy) is 1. The van der Waals surface area contributed by atoms with Crippen LogP contribution in [0.25, 0.3) is 0 Å². The summed E-state index contributed by atoms with van der Waals surface area (Å²) in [7, 11) is -3.23. The lowest BCUT2D eigenvalue weighted by molar-refractivity contribution is -0.385. The number of hydrogen-bond donors (Lipinski definition) is 2. The number of nitro groups is 1. The number of methoxy groups -OCH3 is 1. The normalized spacial score (nSPS) is 11.4. The van der Waals surface area contributed by atoms with Crippen molar-refractivity contribution >= 4 is 56.2 Å². The van der Waals surface area contributed by atoms with E-state index >= 15 is 0 Å². The Morgan fingerprint density at radius 1 is 0.978 bits per heavy atom. The van der Waals surface area contributed by atoms with Gasteiger partial charge in [-0.25, -0.2) is 13.8 Å². The fourth-order valence-electron chi connectivity index (χ4n) is 4.20.